The van der Waals surface area contributed by atoms with Crippen molar-refractivity contribution >= 4 is 11.8 Å². The number of halogens is 1. The molecule has 3 aliphatic rings. The van der Waals surface area contributed by atoms with Crippen molar-refractivity contribution in [3.63, 3.8) is 0 Å². The van der Waals surface area contributed by atoms with Gasteiger partial charge in [0.05, 0.1) is 6.20 Å². The summed E-state index contributed by atoms with van der Waals surface area (Å²) in [7, 11) is 0. The van der Waals surface area contributed by atoms with Crippen LogP contribution in [0.3, 0.4) is 0 Å². The number of nitrogens with one attached hydrogen (secondary N) is 1. The van der Waals surface area contributed by atoms with Gasteiger partial charge in [-0.3, -0.25) is 0 Å². The lowest BCUT2D eigenvalue weighted by Gasteiger charge is -2.11. The maximum Gasteiger partial charge on any atom is 0.222 e. The molecule has 4 unspecified atom stereocenters. The second kappa shape index (κ2) is 3.09. The Morgan fingerprint density at radius 1 is 1.29 bits per heavy atom. The first-order chi connectivity index (χ1) is 8.24. The van der Waals surface area contributed by atoms with Crippen molar-refractivity contribution in [2.45, 2.75) is 25.3 Å². The Bertz CT molecular complexity index is 462. The lowest BCUT2D eigenvalue weighted by molar-refractivity contribution is 0.456. The van der Waals surface area contributed by atoms with Gasteiger partial charge in [-0.1, -0.05) is 0 Å². The quantitative estimate of drug-likeness (QED) is 0.816. The zero-order chi connectivity index (χ0) is 11.6. The van der Waals surface area contributed by atoms with Crippen LogP contribution in [0.25, 0.3) is 0 Å². The normalized spacial score (nSPS) is 41.4. The molecule has 0 radical (unpaired) electrons. The Kier molecular flexibility index (Phi) is 1.75. The first-order valence-corrected chi connectivity index (χ1v) is 6.28. The molecule has 3 N–H and O–H groups in total. The molecule has 3 fully saturated rings. The van der Waals surface area contributed by atoms with Crippen LogP contribution in [-0.2, 0) is 0 Å². The van der Waals surface area contributed by atoms with Gasteiger partial charge in [0, 0.05) is 6.04 Å². The highest BCUT2D eigenvalue weighted by atomic mass is 19.1. The highest BCUT2D eigenvalue weighted by Crippen LogP contribution is 2.66. The van der Waals surface area contributed by atoms with Crippen LogP contribution in [-0.4, -0.2) is 16.0 Å². The van der Waals surface area contributed by atoms with E-state index in [1.165, 1.54) is 19.3 Å². The van der Waals surface area contributed by atoms with Crippen molar-refractivity contribution in [1.82, 2.24) is 9.97 Å². The van der Waals surface area contributed by atoms with E-state index in [0.717, 1.165) is 29.9 Å². The van der Waals surface area contributed by atoms with Gasteiger partial charge in [-0.15, -0.1) is 0 Å². The summed E-state index contributed by atoms with van der Waals surface area (Å²) in [5.41, 5.74) is 5.48. The highest BCUT2D eigenvalue weighted by molar-refractivity contribution is 5.43. The number of fused-ring (bicyclic) bond motifs is 5. The Morgan fingerprint density at radius 3 is 2.71 bits per heavy atom. The van der Waals surface area contributed by atoms with Crippen LogP contribution in [0.5, 0.6) is 0 Å². The summed E-state index contributed by atoms with van der Waals surface area (Å²) in [6.07, 6.45) is 5.25. The van der Waals surface area contributed by atoms with Gasteiger partial charge in [-0.05, 0) is 42.9 Å². The van der Waals surface area contributed by atoms with Crippen molar-refractivity contribution in [2.75, 3.05) is 11.1 Å². The number of nitrogens with zero attached hydrogens (tertiary/aromatic N) is 2. The van der Waals surface area contributed by atoms with Gasteiger partial charge >= 0.3 is 0 Å². The second-order valence-electron chi connectivity index (χ2n) is 5.58. The third kappa shape index (κ3) is 1.28. The Hall–Kier alpha value is -1.39. The minimum absolute atomic E-state index is 0.127. The van der Waals surface area contributed by atoms with Crippen LogP contribution in [0.15, 0.2) is 6.20 Å². The SMILES string of the molecule is Nc1ncc(F)c(NC2C3C4CCC(C4)C23)n1. The van der Waals surface area contributed by atoms with Crippen LogP contribution in [0, 0.1) is 29.5 Å². The molecule has 1 aromatic rings. The zero-order valence-corrected chi connectivity index (χ0v) is 9.44. The molecule has 17 heavy (non-hydrogen) atoms. The highest BCUT2D eigenvalue weighted by Gasteiger charge is 2.65. The molecule has 3 aliphatic carbocycles. The molecule has 0 aromatic carbocycles. The average Bonchev–Trinajstić information content (AvgIpc) is 2.72. The van der Waals surface area contributed by atoms with E-state index in [1.807, 2.05) is 0 Å². The molecule has 1 heterocycles. The number of rotatable bonds is 2. The van der Waals surface area contributed by atoms with Crippen molar-refractivity contribution in [3.05, 3.63) is 12.0 Å². The van der Waals surface area contributed by atoms with E-state index in [0.29, 0.717) is 6.04 Å². The molecule has 4 atom stereocenters. The number of hydrogen-bond donors (Lipinski definition) is 2. The molecule has 0 saturated heterocycles. The van der Waals surface area contributed by atoms with Crippen LogP contribution in [0.2, 0.25) is 0 Å². The van der Waals surface area contributed by atoms with E-state index in [9.17, 15) is 4.39 Å². The average molecular weight is 234 g/mol. The summed E-state index contributed by atoms with van der Waals surface area (Å²) in [4.78, 5) is 7.56. The van der Waals surface area contributed by atoms with Gasteiger partial charge in [-0.25, -0.2) is 9.37 Å². The molecule has 0 amide bonds. The van der Waals surface area contributed by atoms with Gasteiger partial charge in [0.15, 0.2) is 11.6 Å². The fourth-order valence-corrected chi connectivity index (χ4v) is 4.16. The fourth-order valence-electron chi connectivity index (χ4n) is 4.16. The van der Waals surface area contributed by atoms with Crippen molar-refractivity contribution in [1.29, 1.82) is 0 Å². The predicted molar refractivity (Wildman–Crippen MR) is 61.6 cm³/mol. The lowest BCUT2D eigenvalue weighted by Crippen LogP contribution is -2.15. The van der Waals surface area contributed by atoms with Crippen LogP contribution in [0.1, 0.15) is 19.3 Å². The van der Waals surface area contributed by atoms with Gasteiger partial charge in [0.2, 0.25) is 5.95 Å². The summed E-state index contributed by atoms with van der Waals surface area (Å²) in [6, 6.07) is 0.421. The van der Waals surface area contributed by atoms with Crippen LogP contribution < -0.4 is 11.1 Å². The van der Waals surface area contributed by atoms with Crippen LogP contribution >= 0.6 is 0 Å². The summed E-state index contributed by atoms with van der Waals surface area (Å²) in [6.45, 7) is 0. The molecule has 4 rings (SSSR count). The van der Waals surface area contributed by atoms with Crippen molar-refractivity contribution in [2.24, 2.45) is 23.7 Å². The summed E-state index contributed by atoms with van der Waals surface area (Å²) >= 11 is 0. The van der Waals surface area contributed by atoms with Crippen LogP contribution in [0.4, 0.5) is 16.2 Å². The van der Waals surface area contributed by atoms with E-state index in [2.05, 4.69) is 15.3 Å². The Labute approximate surface area is 98.8 Å². The topological polar surface area (TPSA) is 63.8 Å². The minimum Gasteiger partial charge on any atom is -0.368 e. The van der Waals surface area contributed by atoms with Gasteiger partial charge < -0.3 is 11.1 Å². The summed E-state index contributed by atoms with van der Waals surface area (Å²) < 4.78 is 13.5. The third-order valence-electron chi connectivity index (χ3n) is 4.80. The van der Waals surface area contributed by atoms with E-state index >= 15 is 0 Å². The van der Waals surface area contributed by atoms with E-state index in [1.54, 1.807) is 0 Å². The fraction of sp³-hybridized carbons (Fsp3) is 0.667. The predicted octanol–water partition coefficient (Wildman–Crippen LogP) is 1.65. The molecule has 0 aliphatic heterocycles. The van der Waals surface area contributed by atoms with E-state index in [4.69, 9.17) is 5.73 Å². The molecular formula is C12H15FN4. The first kappa shape index (κ1) is 9.62. The Balaban J connectivity index is 1.54. The van der Waals surface area contributed by atoms with E-state index in [-0.39, 0.29) is 11.8 Å². The van der Waals surface area contributed by atoms with Gasteiger partial charge in [-0.2, -0.15) is 4.98 Å². The number of nitrogens with two attached hydrogens (primary N) is 1. The molecule has 4 nitrogen and oxygen atoms in total. The number of nitrogen functional groups attached to an aromatic ring is 1. The second-order valence-corrected chi connectivity index (χ2v) is 5.58. The van der Waals surface area contributed by atoms with Crippen molar-refractivity contribution in [3.8, 4) is 0 Å². The standard InChI is InChI=1S/C12H15FN4/c13-7-4-15-12(14)17-11(7)16-10-8-5-1-2-6(3-5)9(8)10/h4-6,8-10H,1-3H2,(H3,14,15,16,17). The minimum atomic E-state index is -0.406. The van der Waals surface area contributed by atoms with Crippen molar-refractivity contribution < 1.29 is 4.39 Å². The molecular weight excluding hydrogens is 219 g/mol. The third-order valence-corrected chi connectivity index (χ3v) is 4.80. The maximum absolute atomic E-state index is 13.5. The first-order valence-electron chi connectivity index (χ1n) is 6.28. The molecule has 3 saturated carbocycles. The molecule has 1 aromatic heterocycles. The molecule has 2 bridgehead atoms. The number of aromatic nitrogens is 2. The largest absolute Gasteiger partial charge is 0.368 e. The number of hydrogen-bond acceptors (Lipinski definition) is 4. The molecule has 0 spiro atoms. The van der Waals surface area contributed by atoms with Gasteiger partial charge in [0.25, 0.3) is 0 Å². The van der Waals surface area contributed by atoms with Gasteiger partial charge in [0.1, 0.15) is 0 Å². The van der Waals surface area contributed by atoms with E-state index < -0.39 is 5.82 Å². The smallest absolute Gasteiger partial charge is 0.222 e. The summed E-state index contributed by atoms with van der Waals surface area (Å²) in [5.74, 6) is 3.23. The summed E-state index contributed by atoms with van der Waals surface area (Å²) in [5, 5.41) is 3.22. The molecule has 90 valence electrons. The number of anilines is 2. The zero-order valence-electron chi connectivity index (χ0n) is 9.44. The monoisotopic (exact) mass is 234 g/mol. The maximum atomic E-state index is 13.5. The lowest BCUT2D eigenvalue weighted by atomic mass is 10.0. The Morgan fingerprint density at radius 2 is 2.00 bits per heavy atom. The molecule has 5 heteroatoms.